The number of ether oxygens (including phenoxy) is 1. The molecule has 1 unspecified atom stereocenters. The fourth-order valence-corrected chi connectivity index (χ4v) is 4.14. The number of methoxy groups -OCH3 is 1. The Bertz CT molecular complexity index is 936. The first kappa shape index (κ1) is 20.3. The Hall–Kier alpha value is -2.40. The fraction of sp³-hybridized carbons (Fsp3) is 0.409. The third kappa shape index (κ3) is 3.08. The molecule has 148 valence electrons. The Morgan fingerprint density at radius 1 is 1.25 bits per heavy atom. The number of alkyl halides is 1. The summed E-state index contributed by atoms with van der Waals surface area (Å²) in [6.07, 6.45) is 1.81. The number of hydrogen-bond acceptors (Lipinski definition) is 4. The zero-order valence-electron chi connectivity index (χ0n) is 16.9. The van der Waals surface area contributed by atoms with Gasteiger partial charge in [0, 0.05) is 29.6 Å². The minimum Gasteiger partial charge on any atom is -0.468 e. The minimum atomic E-state index is -1.49. The van der Waals surface area contributed by atoms with Crippen molar-refractivity contribution in [1.82, 2.24) is 4.98 Å². The molecule has 0 fully saturated rings. The number of amides is 1. The second-order valence-electron chi connectivity index (χ2n) is 8.17. The molecule has 0 spiro atoms. The SMILES string of the molecule is COC(=O)C1(Cc2cc(C)ccc2CCl)C(=O)N(C(C)(C)C)c2ncccc21. The molecule has 6 heteroatoms. The van der Waals surface area contributed by atoms with Crippen LogP contribution >= 0.6 is 11.6 Å². The summed E-state index contributed by atoms with van der Waals surface area (Å²) in [6.45, 7) is 7.74. The van der Waals surface area contributed by atoms with E-state index >= 15 is 0 Å². The van der Waals surface area contributed by atoms with Crippen LogP contribution in [0.3, 0.4) is 0 Å². The number of carbonyl (C=O) groups excluding carboxylic acids is 2. The van der Waals surface area contributed by atoms with Crippen molar-refractivity contribution in [2.24, 2.45) is 0 Å². The lowest BCUT2D eigenvalue weighted by molar-refractivity contribution is -0.151. The van der Waals surface area contributed by atoms with Crippen LogP contribution in [0, 0.1) is 6.92 Å². The Kier molecular flexibility index (Phi) is 5.24. The lowest BCUT2D eigenvalue weighted by Crippen LogP contribution is -2.53. The fourth-order valence-electron chi connectivity index (χ4n) is 3.88. The molecule has 28 heavy (non-hydrogen) atoms. The lowest BCUT2D eigenvalue weighted by atomic mass is 9.75. The van der Waals surface area contributed by atoms with Crippen molar-refractivity contribution in [2.75, 3.05) is 12.0 Å². The first-order valence-electron chi connectivity index (χ1n) is 9.19. The van der Waals surface area contributed by atoms with Gasteiger partial charge in [-0.25, -0.2) is 4.98 Å². The van der Waals surface area contributed by atoms with Gasteiger partial charge in [-0.15, -0.1) is 11.6 Å². The van der Waals surface area contributed by atoms with Crippen LogP contribution in [0.1, 0.15) is 43.0 Å². The molecular formula is C22H25ClN2O3. The van der Waals surface area contributed by atoms with E-state index in [4.69, 9.17) is 16.3 Å². The van der Waals surface area contributed by atoms with E-state index in [1.54, 1.807) is 23.2 Å². The van der Waals surface area contributed by atoms with E-state index < -0.39 is 16.9 Å². The van der Waals surface area contributed by atoms with E-state index in [2.05, 4.69) is 4.98 Å². The summed E-state index contributed by atoms with van der Waals surface area (Å²) in [6, 6.07) is 9.42. The van der Waals surface area contributed by atoms with Gasteiger partial charge in [0.05, 0.1) is 7.11 Å². The van der Waals surface area contributed by atoms with Crippen LogP contribution in [-0.2, 0) is 32.0 Å². The van der Waals surface area contributed by atoms with Crippen molar-refractivity contribution in [2.45, 2.75) is 50.9 Å². The summed E-state index contributed by atoms with van der Waals surface area (Å²) in [7, 11) is 1.31. The number of esters is 1. The van der Waals surface area contributed by atoms with Crippen LogP contribution < -0.4 is 4.90 Å². The molecule has 1 aromatic heterocycles. The highest BCUT2D eigenvalue weighted by Gasteiger charge is 2.60. The van der Waals surface area contributed by atoms with Gasteiger partial charge >= 0.3 is 5.97 Å². The van der Waals surface area contributed by atoms with Crippen LogP contribution in [0.25, 0.3) is 0 Å². The molecule has 0 aliphatic carbocycles. The normalized spacial score (nSPS) is 18.9. The summed E-state index contributed by atoms with van der Waals surface area (Å²) < 4.78 is 5.15. The molecule has 0 radical (unpaired) electrons. The number of hydrogen-bond donors (Lipinski definition) is 0. The van der Waals surface area contributed by atoms with Crippen molar-refractivity contribution < 1.29 is 14.3 Å². The molecular weight excluding hydrogens is 376 g/mol. The van der Waals surface area contributed by atoms with Crippen LogP contribution in [-0.4, -0.2) is 29.5 Å². The van der Waals surface area contributed by atoms with E-state index in [-0.39, 0.29) is 12.3 Å². The Balaban J connectivity index is 2.27. The summed E-state index contributed by atoms with van der Waals surface area (Å²) in [5.41, 5.74) is 1.33. The smallest absolute Gasteiger partial charge is 0.326 e. The quantitative estimate of drug-likeness (QED) is 0.443. The molecule has 0 N–H and O–H groups in total. The van der Waals surface area contributed by atoms with E-state index in [0.717, 1.165) is 16.7 Å². The van der Waals surface area contributed by atoms with Crippen molar-refractivity contribution in [3.05, 3.63) is 58.8 Å². The van der Waals surface area contributed by atoms with E-state index in [9.17, 15) is 9.59 Å². The van der Waals surface area contributed by atoms with Crippen LogP contribution in [0.15, 0.2) is 36.5 Å². The Labute approximate surface area is 170 Å². The summed E-state index contributed by atoms with van der Waals surface area (Å²) in [5, 5.41) is 0. The van der Waals surface area contributed by atoms with E-state index in [1.165, 1.54) is 7.11 Å². The monoisotopic (exact) mass is 400 g/mol. The van der Waals surface area contributed by atoms with Gasteiger partial charge in [-0.1, -0.05) is 29.8 Å². The Morgan fingerprint density at radius 2 is 1.96 bits per heavy atom. The maximum absolute atomic E-state index is 13.8. The number of aryl methyl sites for hydroxylation is 1. The molecule has 1 aliphatic rings. The zero-order chi connectivity index (χ0) is 20.7. The molecule has 2 heterocycles. The number of aromatic nitrogens is 1. The zero-order valence-corrected chi connectivity index (χ0v) is 17.6. The molecule has 0 saturated heterocycles. The third-order valence-corrected chi connectivity index (χ3v) is 5.48. The van der Waals surface area contributed by atoms with Gasteiger partial charge in [0.2, 0.25) is 0 Å². The molecule has 0 bridgehead atoms. The van der Waals surface area contributed by atoms with Crippen LogP contribution in [0.2, 0.25) is 0 Å². The van der Waals surface area contributed by atoms with Crippen molar-refractivity contribution >= 4 is 29.3 Å². The van der Waals surface area contributed by atoms with E-state index in [1.807, 2.05) is 45.9 Å². The Morgan fingerprint density at radius 3 is 2.57 bits per heavy atom. The maximum atomic E-state index is 13.8. The highest BCUT2D eigenvalue weighted by molar-refractivity contribution is 6.20. The molecule has 1 atom stereocenters. The summed E-state index contributed by atoms with van der Waals surface area (Å²) >= 11 is 6.14. The number of pyridine rings is 1. The summed E-state index contributed by atoms with van der Waals surface area (Å²) in [4.78, 5) is 33.0. The van der Waals surface area contributed by atoms with E-state index in [0.29, 0.717) is 17.3 Å². The first-order valence-corrected chi connectivity index (χ1v) is 9.73. The van der Waals surface area contributed by atoms with Gasteiger partial charge in [0.1, 0.15) is 5.82 Å². The molecule has 3 rings (SSSR count). The standard InChI is InChI=1S/C22H25ClN2O3/c1-14-8-9-15(13-23)16(11-14)12-22(20(27)28-5)17-7-6-10-24-18(17)25(19(22)26)21(2,3)4/h6-11H,12-13H2,1-5H3. The van der Waals surface area contributed by atoms with Crippen molar-refractivity contribution in [1.29, 1.82) is 0 Å². The molecule has 0 saturated carbocycles. The predicted octanol–water partition coefficient (Wildman–Crippen LogP) is 3.93. The van der Waals surface area contributed by atoms with Crippen LogP contribution in [0.4, 0.5) is 5.82 Å². The molecule has 1 amide bonds. The lowest BCUT2D eigenvalue weighted by Gasteiger charge is -2.34. The predicted molar refractivity (Wildman–Crippen MR) is 110 cm³/mol. The van der Waals surface area contributed by atoms with Crippen molar-refractivity contribution in [3.63, 3.8) is 0 Å². The van der Waals surface area contributed by atoms with Crippen LogP contribution in [0.5, 0.6) is 0 Å². The van der Waals surface area contributed by atoms with Crippen molar-refractivity contribution in [3.8, 4) is 0 Å². The largest absolute Gasteiger partial charge is 0.468 e. The van der Waals surface area contributed by atoms with Gasteiger partial charge in [0.25, 0.3) is 5.91 Å². The third-order valence-electron chi connectivity index (χ3n) is 5.19. The topological polar surface area (TPSA) is 59.5 Å². The van der Waals surface area contributed by atoms with Gasteiger partial charge in [-0.2, -0.15) is 0 Å². The molecule has 1 aromatic carbocycles. The first-order chi connectivity index (χ1) is 13.2. The maximum Gasteiger partial charge on any atom is 0.326 e. The molecule has 5 nitrogen and oxygen atoms in total. The molecule has 1 aliphatic heterocycles. The van der Waals surface area contributed by atoms with Gasteiger partial charge < -0.3 is 4.74 Å². The number of carbonyl (C=O) groups is 2. The molecule has 2 aromatic rings. The number of nitrogens with zero attached hydrogens (tertiary/aromatic N) is 2. The average Bonchev–Trinajstić information content (AvgIpc) is 2.90. The van der Waals surface area contributed by atoms with Gasteiger partial charge in [-0.3, -0.25) is 14.5 Å². The highest BCUT2D eigenvalue weighted by Crippen LogP contribution is 2.46. The number of anilines is 1. The van der Waals surface area contributed by atoms with Gasteiger partial charge in [0.15, 0.2) is 5.41 Å². The minimum absolute atomic E-state index is 0.174. The summed E-state index contributed by atoms with van der Waals surface area (Å²) in [5.74, 6) is -0.0993. The number of halogens is 1. The second kappa shape index (κ2) is 7.21. The van der Waals surface area contributed by atoms with Gasteiger partial charge in [-0.05, 0) is 44.9 Å². The second-order valence-corrected chi connectivity index (χ2v) is 8.43. The number of fused-ring (bicyclic) bond motifs is 1. The highest BCUT2D eigenvalue weighted by atomic mass is 35.5. The number of rotatable bonds is 4. The average molecular weight is 401 g/mol. The number of benzene rings is 1.